The van der Waals surface area contributed by atoms with E-state index in [1.807, 2.05) is 39.8 Å². The van der Waals surface area contributed by atoms with Gasteiger partial charge in [0.1, 0.15) is 0 Å². The van der Waals surface area contributed by atoms with Crippen LogP contribution in [0.25, 0.3) is 6.08 Å². The smallest absolute Gasteiger partial charge is 0.271 e. The number of methoxy groups -OCH3 is 1. The van der Waals surface area contributed by atoms with Crippen molar-refractivity contribution in [2.24, 2.45) is 4.99 Å². The van der Waals surface area contributed by atoms with Crippen LogP contribution < -0.4 is 24.4 Å². The van der Waals surface area contributed by atoms with Crippen molar-refractivity contribution in [3.05, 3.63) is 88.5 Å². The topological polar surface area (TPSA) is 73.1 Å². The second kappa shape index (κ2) is 11.8. The number of fused-ring (bicyclic) bond motifs is 1. The van der Waals surface area contributed by atoms with Crippen LogP contribution in [-0.4, -0.2) is 42.2 Å². The fraction of sp³-hybridized carbons (Fsp3) is 0.321. The Morgan fingerprint density at radius 3 is 2.45 bits per heavy atom. The van der Waals surface area contributed by atoms with Gasteiger partial charge >= 0.3 is 0 Å². The Balaban J connectivity index is 1.94. The fourth-order valence-corrected chi connectivity index (χ4v) is 5.99. The van der Waals surface area contributed by atoms with Gasteiger partial charge in [0.05, 0.1) is 40.6 Å². The van der Waals surface area contributed by atoms with Gasteiger partial charge in [0.2, 0.25) is 0 Å². The van der Waals surface area contributed by atoms with Gasteiger partial charge < -0.3 is 14.4 Å². The molecule has 1 aliphatic rings. The molecular weight excluding hydrogens is 545 g/mol. The van der Waals surface area contributed by atoms with Gasteiger partial charge in [-0.3, -0.25) is 14.2 Å². The highest BCUT2D eigenvalue weighted by atomic mass is 35.5. The number of hydrogen-bond donors (Lipinski definition) is 0. The van der Waals surface area contributed by atoms with Gasteiger partial charge in [-0.05, 0) is 69.2 Å². The molecule has 7 nitrogen and oxygen atoms in total. The first-order chi connectivity index (χ1) is 18.2. The first-order valence-corrected chi connectivity index (χ1v) is 13.9. The Hall–Kier alpha value is -3.07. The fourth-order valence-electron chi connectivity index (χ4n) is 4.52. The van der Waals surface area contributed by atoms with E-state index in [1.54, 1.807) is 39.8 Å². The zero-order valence-corrected chi connectivity index (χ0v) is 24.2. The molecule has 200 valence electrons. The molecule has 0 saturated carbocycles. The second-order valence-corrected chi connectivity index (χ2v) is 10.4. The molecule has 0 bridgehead atoms. The van der Waals surface area contributed by atoms with E-state index < -0.39 is 6.04 Å². The van der Waals surface area contributed by atoms with Crippen LogP contribution in [0.3, 0.4) is 0 Å². The molecule has 0 spiro atoms. The summed E-state index contributed by atoms with van der Waals surface area (Å²) in [5, 5.41) is 0.944. The number of ether oxygens (including phenoxy) is 2. The maximum atomic E-state index is 13.9. The number of benzene rings is 2. The van der Waals surface area contributed by atoms with Gasteiger partial charge in [-0.25, -0.2) is 4.99 Å². The van der Waals surface area contributed by atoms with Gasteiger partial charge in [-0.15, -0.1) is 0 Å². The van der Waals surface area contributed by atoms with Crippen molar-refractivity contribution in [1.82, 2.24) is 9.47 Å². The molecule has 2 heterocycles. The number of carbonyl (C=O) groups excluding carboxylic acids is 1. The van der Waals surface area contributed by atoms with E-state index in [0.29, 0.717) is 67.4 Å². The van der Waals surface area contributed by atoms with Crippen molar-refractivity contribution in [2.75, 3.05) is 26.8 Å². The van der Waals surface area contributed by atoms with Crippen LogP contribution in [0.1, 0.15) is 44.9 Å². The molecule has 2 aromatic carbocycles. The highest BCUT2D eigenvalue weighted by molar-refractivity contribution is 7.07. The summed E-state index contributed by atoms with van der Waals surface area (Å²) >= 11 is 13.9. The highest BCUT2D eigenvalue weighted by Gasteiger charge is 2.34. The van der Waals surface area contributed by atoms with Crippen molar-refractivity contribution < 1.29 is 14.3 Å². The standard InChI is InChI=1S/C28H29Cl2N3O4S/c1-6-32(7-2)27(35)23-16(4)31-28-33(24(23)18-9-11-19(29)12-10-18)26(34)22(38-28)15-17-13-20(30)25(36-5)21(14-17)37-8-3/h9-15,24H,6-8H2,1-5H3/b22-15+/t24-/m0/s1. The Labute approximate surface area is 235 Å². The number of allylic oxidation sites excluding steroid dienone is 1. The zero-order chi connectivity index (χ0) is 27.6. The Morgan fingerprint density at radius 1 is 1.16 bits per heavy atom. The third-order valence-electron chi connectivity index (χ3n) is 6.32. The quantitative estimate of drug-likeness (QED) is 0.387. The number of likely N-dealkylation sites (N-methyl/N-ethyl adjacent to an activating group) is 1. The van der Waals surface area contributed by atoms with Crippen LogP contribution in [0, 0.1) is 0 Å². The summed E-state index contributed by atoms with van der Waals surface area (Å²) < 4.78 is 13.1. The first kappa shape index (κ1) is 28.0. The number of carbonyl (C=O) groups is 1. The molecule has 38 heavy (non-hydrogen) atoms. The van der Waals surface area contributed by atoms with Crippen molar-refractivity contribution >= 4 is 46.5 Å². The Bertz CT molecular complexity index is 1570. The van der Waals surface area contributed by atoms with E-state index in [9.17, 15) is 9.59 Å². The largest absolute Gasteiger partial charge is 0.491 e. The molecule has 0 radical (unpaired) electrons. The van der Waals surface area contributed by atoms with Crippen LogP contribution in [-0.2, 0) is 4.79 Å². The lowest BCUT2D eigenvalue weighted by Gasteiger charge is -2.29. The van der Waals surface area contributed by atoms with Gasteiger partial charge in [-0.1, -0.05) is 46.7 Å². The average molecular weight is 575 g/mol. The summed E-state index contributed by atoms with van der Waals surface area (Å²) in [6.45, 7) is 9.07. The lowest BCUT2D eigenvalue weighted by Crippen LogP contribution is -2.43. The predicted octanol–water partition coefficient (Wildman–Crippen LogP) is 4.82. The zero-order valence-electron chi connectivity index (χ0n) is 21.9. The molecule has 0 fully saturated rings. The van der Waals surface area contributed by atoms with Gasteiger partial charge in [0, 0.05) is 18.1 Å². The minimum absolute atomic E-state index is 0.145. The minimum atomic E-state index is -0.641. The van der Waals surface area contributed by atoms with E-state index >= 15 is 0 Å². The molecule has 4 rings (SSSR count). The maximum Gasteiger partial charge on any atom is 0.271 e. The Morgan fingerprint density at radius 2 is 1.84 bits per heavy atom. The summed E-state index contributed by atoms with van der Waals surface area (Å²) in [4.78, 5) is 34.5. The summed E-state index contributed by atoms with van der Waals surface area (Å²) in [6.07, 6.45) is 1.75. The minimum Gasteiger partial charge on any atom is -0.491 e. The molecule has 10 heteroatoms. The summed E-state index contributed by atoms with van der Waals surface area (Å²) in [5.74, 6) is 0.780. The van der Waals surface area contributed by atoms with E-state index in [-0.39, 0.29) is 11.5 Å². The van der Waals surface area contributed by atoms with Crippen LogP contribution in [0.4, 0.5) is 0 Å². The number of amides is 1. The molecule has 0 N–H and O–H groups in total. The third kappa shape index (κ3) is 5.25. The van der Waals surface area contributed by atoms with Gasteiger partial charge in [-0.2, -0.15) is 0 Å². The number of aromatic nitrogens is 1. The molecule has 0 aliphatic carbocycles. The SMILES string of the molecule is CCOc1cc(/C=c2/sc3n(c2=O)[C@@H](c2ccc(Cl)cc2)C(C(=O)N(CC)CC)=C(C)N=3)cc(Cl)c1OC. The molecule has 1 aliphatic heterocycles. The lowest BCUT2D eigenvalue weighted by atomic mass is 9.94. The monoisotopic (exact) mass is 573 g/mol. The molecular formula is C28H29Cl2N3O4S. The normalized spacial score (nSPS) is 15.2. The second-order valence-electron chi connectivity index (χ2n) is 8.58. The molecule has 1 aromatic heterocycles. The van der Waals surface area contributed by atoms with Crippen molar-refractivity contribution in [3.63, 3.8) is 0 Å². The number of hydrogen-bond acceptors (Lipinski definition) is 6. The molecule has 1 amide bonds. The third-order valence-corrected chi connectivity index (χ3v) is 7.84. The number of nitrogens with zero attached hydrogens (tertiary/aromatic N) is 3. The summed E-state index contributed by atoms with van der Waals surface area (Å²) in [7, 11) is 1.53. The lowest BCUT2D eigenvalue weighted by molar-refractivity contribution is -0.127. The van der Waals surface area contributed by atoms with Crippen molar-refractivity contribution in [3.8, 4) is 11.5 Å². The average Bonchev–Trinajstić information content (AvgIpc) is 3.18. The van der Waals surface area contributed by atoms with E-state index in [0.717, 1.165) is 5.56 Å². The number of thiazole rings is 1. The summed E-state index contributed by atoms with van der Waals surface area (Å²) in [6, 6.07) is 10.1. The maximum absolute atomic E-state index is 13.9. The molecule has 0 saturated heterocycles. The molecule has 1 atom stereocenters. The van der Waals surface area contributed by atoms with Crippen LogP contribution in [0.5, 0.6) is 11.5 Å². The van der Waals surface area contributed by atoms with Crippen molar-refractivity contribution in [2.45, 2.75) is 33.7 Å². The van der Waals surface area contributed by atoms with E-state index in [4.69, 9.17) is 37.7 Å². The molecule has 3 aromatic rings. The predicted molar refractivity (Wildman–Crippen MR) is 152 cm³/mol. The van der Waals surface area contributed by atoms with Gasteiger partial charge in [0.15, 0.2) is 16.3 Å². The van der Waals surface area contributed by atoms with Crippen LogP contribution >= 0.6 is 34.5 Å². The van der Waals surface area contributed by atoms with Gasteiger partial charge in [0.25, 0.3) is 11.5 Å². The molecule has 0 unspecified atom stereocenters. The number of rotatable bonds is 8. The summed E-state index contributed by atoms with van der Waals surface area (Å²) in [5.41, 5.74) is 2.26. The highest BCUT2D eigenvalue weighted by Crippen LogP contribution is 2.36. The Kier molecular flexibility index (Phi) is 8.65. The van der Waals surface area contributed by atoms with E-state index in [1.165, 1.54) is 18.4 Å². The van der Waals surface area contributed by atoms with E-state index in [2.05, 4.69) is 0 Å². The number of halogens is 2. The van der Waals surface area contributed by atoms with Crippen molar-refractivity contribution in [1.29, 1.82) is 0 Å². The van der Waals surface area contributed by atoms with Crippen LogP contribution in [0.2, 0.25) is 10.0 Å². The van der Waals surface area contributed by atoms with Crippen LogP contribution in [0.15, 0.2) is 57.5 Å². The first-order valence-electron chi connectivity index (χ1n) is 12.3.